The predicted octanol–water partition coefficient (Wildman–Crippen LogP) is 7.57. The first-order valence-electron chi connectivity index (χ1n) is 7.25. The van der Waals surface area contributed by atoms with Gasteiger partial charge >= 0.3 is 0 Å². The van der Waals surface area contributed by atoms with E-state index in [1.165, 1.54) is 11.1 Å². The largest absolute Gasteiger partial charge is 0.0875 e. The highest BCUT2D eigenvalue weighted by molar-refractivity contribution is 9.12. The van der Waals surface area contributed by atoms with Crippen LogP contribution in [0.3, 0.4) is 0 Å². The van der Waals surface area contributed by atoms with Crippen molar-refractivity contribution in [2.75, 3.05) is 0 Å². The van der Waals surface area contributed by atoms with Crippen molar-refractivity contribution < 1.29 is 0 Å². The van der Waals surface area contributed by atoms with Crippen LogP contribution in [0.2, 0.25) is 0 Å². The van der Waals surface area contributed by atoms with Crippen molar-refractivity contribution in [1.82, 2.24) is 0 Å². The first-order valence-corrected chi connectivity index (χ1v) is 10.9. The molecule has 0 radical (unpaired) electrons. The van der Waals surface area contributed by atoms with Crippen LogP contribution in [0.4, 0.5) is 0 Å². The first-order chi connectivity index (χ1) is 10.6. The van der Waals surface area contributed by atoms with Gasteiger partial charge in [-0.3, -0.25) is 0 Å². The summed E-state index contributed by atoms with van der Waals surface area (Å²) in [5.41, 5.74) is 2.63. The second-order valence-corrected chi connectivity index (χ2v) is 9.56. The van der Waals surface area contributed by atoms with Crippen LogP contribution >= 0.6 is 63.7 Å². The maximum Gasteiger partial charge on any atom is 0.0520 e. The highest BCUT2D eigenvalue weighted by atomic mass is 79.9. The Balaban J connectivity index is 1.86. The van der Waals surface area contributed by atoms with Crippen molar-refractivity contribution in [2.24, 2.45) is 0 Å². The molecule has 0 aromatic heterocycles. The monoisotopic (exact) mass is 550 g/mol. The standard InChI is InChI=1S/C18H18Br4/c19-15(17(21)13-7-3-1-4-8-13)11-12-16(20)18(22)14-9-5-2-6-10-14/h1-10,15-18H,11-12H2/t15-,16+,17+,18-. The topological polar surface area (TPSA) is 0 Å². The molecule has 0 aliphatic carbocycles. The van der Waals surface area contributed by atoms with Gasteiger partial charge < -0.3 is 0 Å². The lowest BCUT2D eigenvalue weighted by Gasteiger charge is -2.21. The molecule has 2 aromatic rings. The number of benzene rings is 2. The van der Waals surface area contributed by atoms with Crippen LogP contribution in [-0.2, 0) is 0 Å². The molecule has 2 rings (SSSR count). The van der Waals surface area contributed by atoms with E-state index in [-0.39, 0.29) is 0 Å². The van der Waals surface area contributed by atoms with Crippen LogP contribution < -0.4 is 0 Å². The predicted molar refractivity (Wildman–Crippen MR) is 111 cm³/mol. The average molecular weight is 554 g/mol. The fourth-order valence-electron chi connectivity index (χ4n) is 2.30. The number of hydrogen-bond donors (Lipinski definition) is 0. The molecule has 0 aliphatic rings. The third kappa shape index (κ3) is 5.47. The summed E-state index contributed by atoms with van der Waals surface area (Å²) in [5.74, 6) is 0. The molecular formula is C18H18Br4. The Morgan fingerprint density at radius 3 is 1.18 bits per heavy atom. The minimum atomic E-state index is 0.332. The molecule has 2 aromatic carbocycles. The van der Waals surface area contributed by atoms with Gasteiger partial charge in [-0.2, -0.15) is 0 Å². The summed E-state index contributed by atoms with van der Waals surface area (Å²) in [4.78, 5) is 1.48. The summed E-state index contributed by atoms with van der Waals surface area (Å²) in [5, 5.41) is 0. The molecule has 0 nitrogen and oxygen atoms in total. The summed E-state index contributed by atoms with van der Waals surface area (Å²) in [7, 11) is 0. The summed E-state index contributed by atoms with van der Waals surface area (Å²) < 4.78 is 0. The molecule has 0 saturated carbocycles. The Morgan fingerprint density at radius 1 is 0.545 bits per heavy atom. The zero-order valence-corrected chi connectivity index (χ0v) is 18.4. The van der Waals surface area contributed by atoms with Gasteiger partial charge in [0.2, 0.25) is 0 Å². The number of halogens is 4. The van der Waals surface area contributed by atoms with Gasteiger partial charge in [-0.05, 0) is 24.0 Å². The molecule has 0 heterocycles. The smallest absolute Gasteiger partial charge is 0.0520 e. The van der Waals surface area contributed by atoms with Crippen molar-refractivity contribution in [3.63, 3.8) is 0 Å². The molecule has 0 bridgehead atoms. The first kappa shape index (κ1) is 18.7. The highest BCUT2D eigenvalue weighted by Gasteiger charge is 2.22. The summed E-state index contributed by atoms with van der Waals surface area (Å²) in [6.07, 6.45) is 2.19. The van der Waals surface area contributed by atoms with Gasteiger partial charge in [0.15, 0.2) is 0 Å². The van der Waals surface area contributed by atoms with Crippen molar-refractivity contribution in [1.29, 1.82) is 0 Å². The molecule has 0 aliphatic heterocycles. The van der Waals surface area contributed by atoms with E-state index in [1.54, 1.807) is 0 Å². The molecule has 118 valence electrons. The second kappa shape index (κ2) is 9.61. The summed E-state index contributed by atoms with van der Waals surface area (Å²) in [6, 6.07) is 21.1. The molecular weight excluding hydrogens is 536 g/mol. The summed E-state index contributed by atoms with van der Waals surface area (Å²) in [6.45, 7) is 0. The van der Waals surface area contributed by atoms with Gasteiger partial charge in [0.25, 0.3) is 0 Å². The summed E-state index contributed by atoms with van der Waals surface area (Å²) >= 11 is 15.3. The maximum absolute atomic E-state index is 3.83. The minimum absolute atomic E-state index is 0.332. The Hall–Kier alpha value is 0.360. The quantitative estimate of drug-likeness (QED) is 0.310. The van der Waals surface area contributed by atoms with Crippen LogP contribution in [0.25, 0.3) is 0 Å². The molecule has 0 N–H and O–H groups in total. The lowest BCUT2D eigenvalue weighted by atomic mass is 10.0. The van der Waals surface area contributed by atoms with Crippen molar-refractivity contribution in [3.05, 3.63) is 71.8 Å². The Morgan fingerprint density at radius 2 is 0.864 bits per heavy atom. The van der Waals surface area contributed by atoms with Crippen molar-refractivity contribution in [2.45, 2.75) is 32.2 Å². The van der Waals surface area contributed by atoms with Crippen LogP contribution in [-0.4, -0.2) is 9.65 Å². The van der Waals surface area contributed by atoms with E-state index >= 15 is 0 Å². The van der Waals surface area contributed by atoms with E-state index in [2.05, 4.69) is 124 Å². The van der Waals surface area contributed by atoms with Crippen molar-refractivity contribution >= 4 is 63.7 Å². The lowest BCUT2D eigenvalue weighted by Crippen LogP contribution is -2.12. The van der Waals surface area contributed by atoms with Crippen LogP contribution in [0.1, 0.15) is 33.6 Å². The maximum atomic E-state index is 3.83. The Labute approximate surface area is 166 Å². The third-order valence-corrected chi connectivity index (χ3v) is 9.31. The zero-order chi connectivity index (χ0) is 15.9. The number of alkyl halides is 4. The Kier molecular flexibility index (Phi) is 8.16. The number of rotatable bonds is 7. The second-order valence-electron chi connectivity index (χ2n) is 5.23. The van der Waals surface area contributed by atoms with Crippen LogP contribution in [0, 0.1) is 0 Å². The molecule has 4 heteroatoms. The Bertz CT molecular complexity index is 492. The van der Waals surface area contributed by atoms with E-state index in [0.29, 0.717) is 19.3 Å². The molecule has 0 fully saturated rings. The normalized spacial score (nSPS) is 16.7. The third-order valence-electron chi connectivity index (χ3n) is 3.59. The highest BCUT2D eigenvalue weighted by Crippen LogP contribution is 2.38. The van der Waals surface area contributed by atoms with E-state index in [4.69, 9.17) is 0 Å². The molecule has 4 atom stereocenters. The molecule has 0 saturated heterocycles. The van der Waals surface area contributed by atoms with Crippen LogP contribution in [0.5, 0.6) is 0 Å². The van der Waals surface area contributed by atoms with Gasteiger partial charge in [0, 0.05) is 9.65 Å². The number of hydrogen-bond acceptors (Lipinski definition) is 0. The molecule has 0 spiro atoms. The molecule has 22 heavy (non-hydrogen) atoms. The SMILES string of the molecule is Br[C@H](CC[C@H](Br)[C@H](Br)c1ccccc1)[C@@H](Br)c1ccccc1. The molecule has 0 unspecified atom stereocenters. The lowest BCUT2D eigenvalue weighted by molar-refractivity contribution is 0.671. The van der Waals surface area contributed by atoms with Crippen LogP contribution in [0.15, 0.2) is 60.7 Å². The fourth-order valence-corrected chi connectivity index (χ4v) is 4.58. The average Bonchev–Trinajstić information content (AvgIpc) is 2.59. The molecule has 0 amide bonds. The van der Waals surface area contributed by atoms with E-state index in [1.807, 2.05) is 0 Å². The van der Waals surface area contributed by atoms with Gasteiger partial charge in [-0.15, -0.1) is 0 Å². The van der Waals surface area contributed by atoms with Crippen molar-refractivity contribution in [3.8, 4) is 0 Å². The van der Waals surface area contributed by atoms with Gasteiger partial charge in [0.05, 0.1) is 9.65 Å². The van der Waals surface area contributed by atoms with Gasteiger partial charge in [-0.1, -0.05) is 124 Å². The van der Waals surface area contributed by atoms with Gasteiger partial charge in [-0.25, -0.2) is 0 Å². The van der Waals surface area contributed by atoms with E-state index in [0.717, 1.165) is 12.8 Å². The minimum Gasteiger partial charge on any atom is -0.0875 e. The van der Waals surface area contributed by atoms with E-state index < -0.39 is 0 Å². The fraction of sp³-hybridized carbons (Fsp3) is 0.333. The van der Waals surface area contributed by atoms with E-state index in [9.17, 15) is 0 Å². The zero-order valence-electron chi connectivity index (χ0n) is 12.0. The van der Waals surface area contributed by atoms with Gasteiger partial charge in [0.1, 0.15) is 0 Å².